The highest BCUT2D eigenvalue weighted by Gasteiger charge is 2.44. The second-order valence-corrected chi connectivity index (χ2v) is 9.61. The molecule has 5 rings (SSSR count). The van der Waals surface area contributed by atoms with Crippen LogP contribution in [0, 0.1) is 11.8 Å². The van der Waals surface area contributed by atoms with E-state index >= 15 is 0 Å². The summed E-state index contributed by atoms with van der Waals surface area (Å²) in [5.41, 5.74) is 3.19. The SMILES string of the molecule is O=C(OC1C2CCC1CN(Cc1ccccc1)C2)N(Cc1ccccc1)c1ccc(Cl)cc1. The third-order valence-electron chi connectivity index (χ3n) is 6.85. The zero-order valence-corrected chi connectivity index (χ0v) is 19.4. The van der Waals surface area contributed by atoms with Crippen LogP contribution in [0.2, 0.25) is 5.02 Å². The van der Waals surface area contributed by atoms with Crippen molar-refractivity contribution in [1.29, 1.82) is 0 Å². The number of amides is 1. The van der Waals surface area contributed by atoms with Crippen LogP contribution in [0.15, 0.2) is 84.9 Å². The van der Waals surface area contributed by atoms with E-state index in [1.165, 1.54) is 5.56 Å². The molecule has 1 aliphatic heterocycles. The Morgan fingerprint density at radius 1 is 0.848 bits per heavy atom. The number of carbonyl (C=O) groups is 1. The minimum atomic E-state index is -0.278. The number of hydrogen-bond donors (Lipinski definition) is 0. The van der Waals surface area contributed by atoms with Gasteiger partial charge in [-0.1, -0.05) is 72.3 Å². The molecule has 33 heavy (non-hydrogen) atoms. The second kappa shape index (κ2) is 9.98. The zero-order valence-electron chi connectivity index (χ0n) is 18.6. The van der Waals surface area contributed by atoms with Gasteiger partial charge in [-0.05, 0) is 48.2 Å². The van der Waals surface area contributed by atoms with Crippen molar-refractivity contribution in [3.63, 3.8) is 0 Å². The van der Waals surface area contributed by atoms with E-state index in [-0.39, 0.29) is 12.2 Å². The van der Waals surface area contributed by atoms with Gasteiger partial charge in [-0.2, -0.15) is 0 Å². The maximum Gasteiger partial charge on any atom is 0.414 e. The number of nitrogens with zero attached hydrogens (tertiary/aromatic N) is 2. The minimum absolute atomic E-state index is 0.0184. The van der Waals surface area contributed by atoms with E-state index in [0.29, 0.717) is 23.4 Å². The van der Waals surface area contributed by atoms with Gasteiger partial charge in [0.05, 0.1) is 6.54 Å². The molecule has 0 spiro atoms. The largest absolute Gasteiger partial charge is 0.445 e. The first-order valence-corrected chi connectivity index (χ1v) is 12.1. The predicted molar refractivity (Wildman–Crippen MR) is 132 cm³/mol. The van der Waals surface area contributed by atoms with Crippen molar-refractivity contribution < 1.29 is 9.53 Å². The van der Waals surface area contributed by atoms with Gasteiger partial charge in [0.25, 0.3) is 0 Å². The second-order valence-electron chi connectivity index (χ2n) is 9.17. The number of rotatable bonds is 6. The Bertz CT molecular complexity index is 1040. The monoisotopic (exact) mass is 460 g/mol. The fourth-order valence-corrected chi connectivity index (χ4v) is 5.39. The molecular formula is C28H29ClN2O2. The maximum atomic E-state index is 13.4. The van der Waals surface area contributed by atoms with Crippen molar-refractivity contribution in [3.8, 4) is 0 Å². The number of hydrogen-bond acceptors (Lipinski definition) is 3. The lowest BCUT2D eigenvalue weighted by atomic mass is 9.94. The third-order valence-corrected chi connectivity index (χ3v) is 7.10. The van der Waals surface area contributed by atoms with Gasteiger partial charge in [0.2, 0.25) is 0 Å². The average Bonchev–Trinajstić information content (AvgIpc) is 3.07. The Morgan fingerprint density at radius 3 is 2.03 bits per heavy atom. The van der Waals surface area contributed by atoms with Crippen LogP contribution in [-0.2, 0) is 17.8 Å². The molecule has 0 aromatic heterocycles. The van der Waals surface area contributed by atoms with Crippen molar-refractivity contribution in [1.82, 2.24) is 4.90 Å². The number of anilines is 1. The molecule has 5 heteroatoms. The summed E-state index contributed by atoms with van der Waals surface area (Å²) in [6, 6.07) is 28.0. The fourth-order valence-electron chi connectivity index (χ4n) is 5.26. The summed E-state index contributed by atoms with van der Waals surface area (Å²) in [7, 11) is 0. The molecule has 170 valence electrons. The minimum Gasteiger partial charge on any atom is -0.445 e. The molecule has 2 fully saturated rings. The molecule has 0 radical (unpaired) electrons. The normalized spacial score (nSPS) is 22.2. The Balaban J connectivity index is 1.29. The van der Waals surface area contributed by atoms with E-state index in [9.17, 15) is 4.79 Å². The fraction of sp³-hybridized carbons (Fsp3) is 0.321. The number of carbonyl (C=O) groups excluding carboxylic acids is 1. The van der Waals surface area contributed by atoms with Gasteiger partial charge in [0, 0.05) is 42.2 Å². The van der Waals surface area contributed by atoms with Crippen molar-refractivity contribution in [3.05, 3.63) is 101 Å². The van der Waals surface area contributed by atoms with Gasteiger partial charge < -0.3 is 4.74 Å². The summed E-state index contributed by atoms with van der Waals surface area (Å²) in [6.45, 7) is 3.37. The van der Waals surface area contributed by atoms with Gasteiger partial charge >= 0.3 is 6.09 Å². The highest BCUT2D eigenvalue weighted by Crippen LogP contribution is 2.40. The van der Waals surface area contributed by atoms with Crippen molar-refractivity contribution in [2.75, 3.05) is 18.0 Å². The molecule has 1 saturated carbocycles. The number of halogens is 1. The van der Waals surface area contributed by atoms with Crippen molar-refractivity contribution in [2.45, 2.75) is 32.0 Å². The van der Waals surface area contributed by atoms with Crippen LogP contribution in [0.3, 0.4) is 0 Å². The zero-order chi connectivity index (χ0) is 22.6. The number of benzene rings is 3. The Hall–Kier alpha value is -2.82. The summed E-state index contributed by atoms with van der Waals surface area (Å²) in [5, 5.41) is 0.649. The molecule has 1 amide bonds. The molecule has 3 aromatic rings. The molecule has 2 unspecified atom stereocenters. The van der Waals surface area contributed by atoms with Crippen LogP contribution in [-0.4, -0.2) is 30.2 Å². The van der Waals surface area contributed by atoms with Gasteiger partial charge in [-0.3, -0.25) is 9.80 Å². The molecule has 4 nitrogen and oxygen atoms in total. The van der Waals surface area contributed by atoms with E-state index in [1.54, 1.807) is 4.90 Å². The van der Waals surface area contributed by atoms with E-state index in [1.807, 2.05) is 54.6 Å². The van der Waals surface area contributed by atoms with E-state index in [2.05, 4.69) is 35.2 Å². The maximum absolute atomic E-state index is 13.4. The number of ether oxygens (including phenoxy) is 1. The lowest BCUT2D eigenvalue weighted by Crippen LogP contribution is -2.47. The molecule has 1 heterocycles. The number of likely N-dealkylation sites (tertiary alicyclic amines) is 1. The van der Waals surface area contributed by atoms with E-state index in [0.717, 1.165) is 43.7 Å². The summed E-state index contributed by atoms with van der Waals surface area (Å²) in [4.78, 5) is 17.7. The highest BCUT2D eigenvalue weighted by molar-refractivity contribution is 6.30. The van der Waals surface area contributed by atoms with Gasteiger partial charge in [0.15, 0.2) is 0 Å². The highest BCUT2D eigenvalue weighted by atomic mass is 35.5. The Morgan fingerprint density at radius 2 is 1.42 bits per heavy atom. The topological polar surface area (TPSA) is 32.8 Å². The summed E-state index contributed by atoms with van der Waals surface area (Å²) >= 11 is 6.09. The molecule has 1 saturated heterocycles. The Labute approximate surface area is 200 Å². The quantitative estimate of drug-likeness (QED) is 0.427. The molecule has 1 aliphatic carbocycles. The van der Waals surface area contributed by atoms with Gasteiger partial charge in [0.1, 0.15) is 6.10 Å². The summed E-state index contributed by atoms with van der Waals surface area (Å²) < 4.78 is 6.22. The molecule has 0 N–H and O–H groups in total. The van der Waals surface area contributed by atoms with Crippen LogP contribution in [0.1, 0.15) is 24.0 Å². The molecule has 2 bridgehead atoms. The van der Waals surface area contributed by atoms with Gasteiger partial charge in [-0.25, -0.2) is 4.79 Å². The van der Waals surface area contributed by atoms with Crippen LogP contribution in [0.4, 0.5) is 10.5 Å². The van der Waals surface area contributed by atoms with Crippen LogP contribution < -0.4 is 4.90 Å². The van der Waals surface area contributed by atoms with Crippen LogP contribution in [0.5, 0.6) is 0 Å². The molecular weight excluding hydrogens is 432 g/mol. The number of fused-ring (bicyclic) bond motifs is 2. The standard InChI is InChI=1S/C28H29ClN2O2/c29-25-13-15-26(16-14-25)31(18-22-9-5-2-6-10-22)28(32)33-27-23-11-12-24(27)20-30(19-23)17-21-7-3-1-4-8-21/h1-10,13-16,23-24,27H,11-12,17-20H2. The molecule has 3 aromatic carbocycles. The smallest absolute Gasteiger partial charge is 0.414 e. The predicted octanol–water partition coefficient (Wildman–Crippen LogP) is 6.39. The third kappa shape index (κ3) is 5.23. The van der Waals surface area contributed by atoms with Crippen LogP contribution in [0.25, 0.3) is 0 Å². The van der Waals surface area contributed by atoms with E-state index < -0.39 is 0 Å². The lowest BCUT2D eigenvalue weighted by molar-refractivity contribution is -0.0000780. The van der Waals surface area contributed by atoms with E-state index in [4.69, 9.17) is 16.3 Å². The first-order chi connectivity index (χ1) is 16.2. The average molecular weight is 461 g/mol. The lowest BCUT2D eigenvalue weighted by Gasteiger charge is -2.38. The summed E-state index contributed by atoms with van der Waals surface area (Å²) in [6.07, 6.45) is 1.94. The molecule has 2 aliphatic rings. The van der Waals surface area contributed by atoms with Gasteiger partial charge in [-0.15, -0.1) is 0 Å². The van der Waals surface area contributed by atoms with Crippen molar-refractivity contribution >= 4 is 23.4 Å². The van der Waals surface area contributed by atoms with Crippen LogP contribution >= 0.6 is 11.6 Å². The first kappa shape index (κ1) is 22.0. The number of piperidine rings is 1. The Kier molecular flexibility index (Phi) is 6.65. The first-order valence-electron chi connectivity index (χ1n) is 11.7. The van der Waals surface area contributed by atoms with Crippen molar-refractivity contribution in [2.24, 2.45) is 11.8 Å². The summed E-state index contributed by atoms with van der Waals surface area (Å²) in [5.74, 6) is 0.778. The molecule has 2 atom stereocenters.